The van der Waals surface area contributed by atoms with E-state index in [-0.39, 0.29) is 25.7 Å². The molecule has 8 heteroatoms. The molecule has 0 N–H and O–H groups in total. The first kappa shape index (κ1) is 27.0. The first-order valence-electron chi connectivity index (χ1n) is 10.5. The van der Waals surface area contributed by atoms with Crippen LogP contribution in [0.1, 0.15) is 51.4 Å². The first-order chi connectivity index (χ1) is 15.3. The van der Waals surface area contributed by atoms with Crippen LogP contribution in [-0.4, -0.2) is 52.3 Å². The van der Waals surface area contributed by atoms with E-state index >= 15 is 0 Å². The lowest BCUT2D eigenvalue weighted by Crippen LogP contribution is -2.41. The summed E-state index contributed by atoms with van der Waals surface area (Å²) in [7, 11) is 4.96. The van der Waals surface area contributed by atoms with Gasteiger partial charge in [0, 0.05) is 0 Å². The molecule has 0 aromatic heterocycles. The standard InChI is InChI=1S/C24H32O8/c1-29-19(25)23(20(26)30-2)15-11-7-5-9-13-17-24(21(27)31-3,22(28)32-4)18-14-10-6-8-12-16-23/h5-6,12-13H,7,10-11,14-18H2,1-4H3. The summed E-state index contributed by atoms with van der Waals surface area (Å²) in [6, 6.07) is 0. The van der Waals surface area contributed by atoms with Crippen molar-refractivity contribution in [3.63, 3.8) is 0 Å². The first-order valence-corrected chi connectivity index (χ1v) is 10.5. The fraction of sp³-hybridized carbons (Fsp3) is 0.583. The summed E-state index contributed by atoms with van der Waals surface area (Å²) in [6.07, 6.45) is 9.24. The SMILES string of the molecule is COC(=O)C1(C(=O)OC)CC=C=CCCCC(C(=O)OC)(C(=O)OC)CC=C=CCCC1. The fourth-order valence-corrected chi connectivity index (χ4v) is 3.71. The third-order valence-electron chi connectivity index (χ3n) is 5.58. The van der Waals surface area contributed by atoms with Crippen LogP contribution in [0.3, 0.4) is 0 Å². The van der Waals surface area contributed by atoms with Crippen molar-refractivity contribution in [1.29, 1.82) is 0 Å². The van der Waals surface area contributed by atoms with Crippen LogP contribution in [0.2, 0.25) is 0 Å². The van der Waals surface area contributed by atoms with Gasteiger partial charge in [0.15, 0.2) is 10.8 Å². The minimum absolute atomic E-state index is 0.0800. The van der Waals surface area contributed by atoms with Gasteiger partial charge in [-0.2, -0.15) is 0 Å². The monoisotopic (exact) mass is 448 g/mol. The maximum absolute atomic E-state index is 12.5. The average molecular weight is 449 g/mol. The number of rotatable bonds is 4. The zero-order valence-electron chi connectivity index (χ0n) is 19.2. The van der Waals surface area contributed by atoms with Crippen molar-refractivity contribution in [3.05, 3.63) is 35.8 Å². The summed E-state index contributed by atoms with van der Waals surface area (Å²) in [4.78, 5) is 49.9. The molecule has 0 saturated carbocycles. The van der Waals surface area contributed by atoms with Gasteiger partial charge in [-0.3, -0.25) is 19.2 Å². The summed E-state index contributed by atoms with van der Waals surface area (Å²) in [6.45, 7) is 0. The van der Waals surface area contributed by atoms with Crippen LogP contribution >= 0.6 is 0 Å². The highest BCUT2D eigenvalue weighted by molar-refractivity contribution is 6.00. The highest BCUT2D eigenvalue weighted by atomic mass is 16.6. The minimum Gasteiger partial charge on any atom is -0.468 e. The number of allylic oxidation sites excluding steroid dienone is 2. The number of ether oxygens (including phenoxy) is 4. The third kappa shape index (κ3) is 6.46. The van der Waals surface area contributed by atoms with Crippen molar-refractivity contribution < 1.29 is 38.1 Å². The van der Waals surface area contributed by atoms with Gasteiger partial charge in [-0.1, -0.05) is 0 Å². The van der Waals surface area contributed by atoms with Crippen LogP contribution in [0.5, 0.6) is 0 Å². The predicted molar refractivity (Wildman–Crippen MR) is 115 cm³/mol. The molecular formula is C24H32O8. The van der Waals surface area contributed by atoms with Gasteiger partial charge in [-0.05, 0) is 75.7 Å². The number of esters is 4. The second-order valence-electron chi connectivity index (χ2n) is 7.47. The van der Waals surface area contributed by atoms with Crippen molar-refractivity contribution in [2.24, 2.45) is 10.8 Å². The molecule has 0 saturated heterocycles. The molecule has 1 aliphatic carbocycles. The molecule has 0 aromatic rings. The Morgan fingerprint density at radius 2 is 0.906 bits per heavy atom. The molecule has 0 atom stereocenters. The average Bonchev–Trinajstić information content (AvgIpc) is 2.82. The number of hydrogen-bond acceptors (Lipinski definition) is 8. The van der Waals surface area contributed by atoms with Gasteiger partial charge < -0.3 is 18.9 Å². The Labute approximate surface area is 188 Å². The molecule has 0 unspecified atom stereocenters. The predicted octanol–water partition coefficient (Wildman–Crippen LogP) is 3.21. The zero-order chi connectivity index (χ0) is 24.0. The molecule has 0 spiro atoms. The fourth-order valence-electron chi connectivity index (χ4n) is 3.71. The normalized spacial score (nSPS) is 18.4. The highest BCUT2D eigenvalue weighted by Gasteiger charge is 2.48. The molecule has 0 amide bonds. The van der Waals surface area contributed by atoms with Gasteiger partial charge in [0.25, 0.3) is 0 Å². The lowest BCUT2D eigenvalue weighted by atomic mass is 9.79. The Morgan fingerprint density at radius 3 is 1.19 bits per heavy atom. The molecule has 1 aliphatic rings. The lowest BCUT2D eigenvalue weighted by molar-refractivity contribution is -0.171. The van der Waals surface area contributed by atoms with Gasteiger partial charge in [-0.25, -0.2) is 0 Å². The lowest BCUT2D eigenvalue weighted by Gasteiger charge is -2.27. The number of carbonyl (C=O) groups is 4. The maximum Gasteiger partial charge on any atom is 0.323 e. The molecular weight excluding hydrogens is 416 g/mol. The topological polar surface area (TPSA) is 105 Å². The number of methoxy groups -OCH3 is 4. The van der Waals surface area contributed by atoms with E-state index in [0.717, 1.165) is 0 Å². The minimum atomic E-state index is -1.44. The van der Waals surface area contributed by atoms with Crippen LogP contribution in [0, 0.1) is 10.8 Å². The molecule has 0 bridgehead atoms. The van der Waals surface area contributed by atoms with Gasteiger partial charge in [0.1, 0.15) is 0 Å². The molecule has 32 heavy (non-hydrogen) atoms. The number of hydrogen-bond donors (Lipinski definition) is 0. The summed E-state index contributed by atoms with van der Waals surface area (Å²) < 4.78 is 19.6. The smallest absolute Gasteiger partial charge is 0.323 e. The Balaban J connectivity index is 3.25. The van der Waals surface area contributed by atoms with Crippen molar-refractivity contribution in [3.8, 4) is 0 Å². The van der Waals surface area contributed by atoms with Gasteiger partial charge in [-0.15, -0.1) is 11.5 Å². The van der Waals surface area contributed by atoms with Crippen LogP contribution in [-0.2, 0) is 38.1 Å². The van der Waals surface area contributed by atoms with E-state index in [9.17, 15) is 19.2 Å². The van der Waals surface area contributed by atoms with Crippen molar-refractivity contribution in [2.75, 3.05) is 28.4 Å². The Kier molecular flexibility index (Phi) is 11.3. The van der Waals surface area contributed by atoms with Gasteiger partial charge in [0.05, 0.1) is 28.4 Å². The van der Waals surface area contributed by atoms with Crippen LogP contribution < -0.4 is 0 Å². The molecule has 176 valence electrons. The Bertz CT molecular complexity index is 710. The molecule has 0 aliphatic heterocycles. The Hall–Kier alpha value is -3.08. The molecule has 0 aromatic carbocycles. The van der Waals surface area contributed by atoms with E-state index < -0.39 is 34.7 Å². The van der Waals surface area contributed by atoms with E-state index in [1.165, 1.54) is 28.4 Å². The Morgan fingerprint density at radius 1 is 0.594 bits per heavy atom. The summed E-state index contributed by atoms with van der Waals surface area (Å²) in [5, 5.41) is 0. The molecule has 8 nitrogen and oxygen atoms in total. The van der Waals surface area contributed by atoms with Gasteiger partial charge in [0.2, 0.25) is 0 Å². The molecule has 0 fully saturated rings. The number of carbonyl (C=O) groups excluding carboxylic acids is 4. The van der Waals surface area contributed by atoms with Crippen molar-refractivity contribution >= 4 is 23.9 Å². The van der Waals surface area contributed by atoms with Crippen LogP contribution in [0.4, 0.5) is 0 Å². The second-order valence-corrected chi connectivity index (χ2v) is 7.47. The summed E-state index contributed by atoms with van der Waals surface area (Å²) in [5.41, 5.74) is 3.05. The summed E-state index contributed by atoms with van der Waals surface area (Å²) in [5.74, 6) is -2.60. The van der Waals surface area contributed by atoms with E-state index in [1.54, 1.807) is 24.3 Å². The van der Waals surface area contributed by atoms with E-state index in [1.807, 2.05) is 0 Å². The van der Waals surface area contributed by atoms with Crippen molar-refractivity contribution in [1.82, 2.24) is 0 Å². The van der Waals surface area contributed by atoms with E-state index in [0.29, 0.717) is 25.7 Å². The quantitative estimate of drug-likeness (QED) is 0.279. The largest absolute Gasteiger partial charge is 0.468 e. The molecule has 0 radical (unpaired) electrons. The van der Waals surface area contributed by atoms with E-state index in [2.05, 4.69) is 11.5 Å². The molecule has 1 rings (SSSR count). The van der Waals surface area contributed by atoms with Crippen molar-refractivity contribution in [2.45, 2.75) is 51.4 Å². The van der Waals surface area contributed by atoms with E-state index in [4.69, 9.17) is 18.9 Å². The maximum atomic E-state index is 12.5. The zero-order valence-corrected chi connectivity index (χ0v) is 19.2. The van der Waals surface area contributed by atoms with Crippen LogP contribution in [0.25, 0.3) is 0 Å². The second kappa shape index (κ2) is 13.4. The molecule has 0 heterocycles. The third-order valence-corrected chi connectivity index (χ3v) is 5.58. The van der Waals surface area contributed by atoms with Crippen LogP contribution in [0.15, 0.2) is 35.8 Å². The van der Waals surface area contributed by atoms with Gasteiger partial charge >= 0.3 is 23.9 Å². The highest BCUT2D eigenvalue weighted by Crippen LogP contribution is 2.34. The summed E-state index contributed by atoms with van der Waals surface area (Å²) >= 11 is 0.